The van der Waals surface area contributed by atoms with Gasteiger partial charge < -0.3 is 9.47 Å². The van der Waals surface area contributed by atoms with Crippen LogP contribution < -0.4 is 4.90 Å². The molecule has 1 atom stereocenters. The largest absolute Gasteiger partial charge is 0.310 e. The van der Waals surface area contributed by atoms with E-state index in [-0.39, 0.29) is 0 Å². The molecule has 82 heavy (non-hydrogen) atoms. The van der Waals surface area contributed by atoms with Gasteiger partial charge in [0.05, 0.1) is 33.2 Å². The molecule has 13 aromatic carbocycles. The summed E-state index contributed by atoms with van der Waals surface area (Å²) in [7, 11) is 0. The maximum atomic E-state index is 2.52. The molecule has 3 aliphatic rings. The molecule has 0 saturated heterocycles. The summed E-state index contributed by atoms with van der Waals surface area (Å²) in [5, 5.41) is 2.56. The number of hydrogen-bond acceptors (Lipinski definition) is 1. The van der Waals surface area contributed by atoms with Gasteiger partial charge in [-0.1, -0.05) is 261 Å². The molecular formula is C80H52N2. The Hall–Kier alpha value is -10.5. The maximum absolute atomic E-state index is 2.52. The lowest BCUT2D eigenvalue weighted by atomic mass is 9.65. The van der Waals surface area contributed by atoms with Crippen molar-refractivity contribution in [1.82, 2.24) is 4.57 Å². The molecule has 1 unspecified atom stereocenters. The van der Waals surface area contributed by atoms with Crippen LogP contribution in [-0.4, -0.2) is 4.57 Å². The van der Waals surface area contributed by atoms with Gasteiger partial charge >= 0.3 is 0 Å². The van der Waals surface area contributed by atoms with Crippen molar-refractivity contribution in [2.75, 3.05) is 4.90 Å². The molecule has 17 rings (SSSR count). The molecule has 2 nitrogen and oxygen atoms in total. The fraction of sp³-hybridized carbons (Fsp3) is 0.0250. The summed E-state index contributed by atoms with van der Waals surface area (Å²) in [5.74, 6) is 0. The second-order valence-corrected chi connectivity index (χ2v) is 22.2. The van der Waals surface area contributed by atoms with E-state index in [2.05, 4.69) is 325 Å². The van der Waals surface area contributed by atoms with Gasteiger partial charge in [-0.25, -0.2) is 0 Å². The summed E-state index contributed by atoms with van der Waals surface area (Å²) in [6.45, 7) is 0. The smallest absolute Gasteiger partial charge is 0.0754 e. The third kappa shape index (κ3) is 6.46. The monoisotopic (exact) mass is 1040 g/mol. The predicted octanol–water partition coefficient (Wildman–Crippen LogP) is 20.3. The number of hydrogen-bond donors (Lipinski definition) is 0. The number of rotatable bonds is 8. The number of fused-ring (bicyclic) bond motifs is 15. The number of nitrogens with zero attached hydrogens (tertiary/aromatic N) is 2. The standard InChI is InChI=1S/C80H52N2/c1-4-22-53(23-5-1)55-24-20-25-57(50-55)62-30-12-17-39-75(62)81(61-47-49-66-63-31-10-14-35-69(63)79(74(66)52-61,58-26-6-2-7-27-58)59-28-8-3-9-29-59)60-45-42-54(43-46-60)56-44-48-65-64-32-11-15-36-70(64)80(73(65)51-56)71-37-16-19-41-77(71)82-76-40-18-13-33-67(76)68-34-21-38-72(80)78(68)82/h1-52H. The van der Waals surface area contributed by atoms with Gasteiger partial charge in [-0.3, -0.25) is 0 Å². The van der Waals surface area contributed by atoms with Gasteiger partial charge in [0.1, 0.15) is 0 Å². The lowest BCUT2D eigenvalue weighted by Gasteiger charge is -2.39. The van der Waals surface area contributed by atoms with Crippen LogP contribution in [0.15, 0.2) is 315 Å². The molecule has 2 heterocycles. The Morgan fingerprint density at radius 1 is 0.256 bits per heavy atom. The van der Waals surface area contributed by atoms with Gasteiger partial charge in [-0.05, 0) is 149 Å². The molecule has 0 amide bonds. The fourth-order valence-electron chi connectivity index (χ4n) is 15.0. The van der Waals surface area contributed by atoms with E-state index in [9.17, 15) is 0 Å². The fourth-order valence-corrected chi connectivity index (χ4v) is 15.0. The van der Waals surface area contributed by atoms with Crippen molar-refractivity contribution in [2.24, 2.45) is 0 Å². The van der Waals surface area contributed by atoms with Gasteiger partial charge in [0.15, 0.2) is 0 Å². The second kappa shape index (κ2) is 18.0. The van der Waals surface area contributed by atoms with E-state index in [0.29, 0.717) is 0 Å². The van der Waals surface area contributed by atoms with Crippen LogP contribution in [0.4, 0.5) is 17.1 Å². The Kier molecular flexibility index (Phi) is 10.2. The number of benzene rings is 13. The van der Waals surface area contributed by atoms with Crippen LogP contribution in [0.5, 0.6) is 0 Å². The third-order valence-electron chi connectivity index (χ3n) is 18.3. The van der Waals surface area contributed by atoms with Gasteiger partial charge in [-0.15, -0.1) is 0 Å². The number of anilines is 3. The quantitative estimate of drug-likeness (QED) is 0.147. The third-order valence-corrected chi connectivity index (χ3v) is 18.3. The van der Waals surface area contributed by atoms with E-state index in [0.717, 1.165) is 33.8 Å². The van der Waals surface area contributed by atoms with E-state index in [1.807, 2.05) is 0 Å². The summed E-state index contributed by atoms with van der Waals surface area (Å²) in [5.41, 5.74) is 28.4. The molecule has 0 bridgehead atoms. The van der Waals surface area contributed by atoms with Crippen LogP contribution in [0.25, 0.3) is 83.1 Å². The zero-order valence-corrected chi connectivity index (χ0v) is 44.9. The lowest BCUT2D eigenvalue weighted by molar-refractivity contribution is 0.749. The van der Waals surface area contributed by atoms with E-state index in [1.165, 1.54) is 111 Å². The summed E-state index contributed by atoms with van der Waals surface area (Å²) in [4.78, 5) is 2.49. The maximum Gasteiger partial charge on any atom is 0.0754 e. The topological polar surface area (TPSA) is 8.17 Å². The summed E-state index contributed by atoms with van der Waals surface area (Å²) >= 11 is 0. The van der Waals surface area contributed by atoms with Crippen molar-refractivity contribution in [2.45, 2.75) is 10.8 Å². The first kappa shape index (κ1) is 46.4. The minimum atomic E-state index is -0.560. The minimum absolute atomic E-state index is 0.539. The Morgan fingerprint density at radius 2 is 0.732 bits per heavy atom. The van der Waals surface area contributed by atoms with E-state index in [4.69, 9.17) is 0 Å². The molecule has 1 aliphatic heterocycles. The van der Waals surface area contributed by atoms with Gasteiger partial charge in [0.2, 0.25) is 0 Å². The van der Waals surface area contributed by atoms with Crippen LogP contribution in [0.1, 0.15) is 44.5 Å². The SMILES string of the molecule is c1ccc(-c2cccc(-c3ccccc3N(c3ccc(-c4ccc5c(c4)C4(c6ccccc6-5)c5ccccc5-n5c6ccccc6c6cccc4c65)cc3)c3ccc4c(c3)C(c3ccccc3)(c3ccccc3)c3ccccc3-4)c2)cc1. The van der Waals surface area contributed by atoms with Crippen molar-refractivity contribution in [3.05, 3.63) is 360 Å². The van der Waals surface area contributed by atoms with Crippen molar-refractivity contribution >= 4 is 38.9 Å². The van der Waals surface area contributed by atoms with E-state index >= 15 is 0 Å². The molecule has 1 spiro atoms. The minimum Gasteiger partial charge on any atom is -0.310 e. The molecule has 0 saturated carbocycles. The van der Waals surface area contributed by atoms with Crippen LogP contribution >= 0.6 is 0 Å². The first-order chi connectivity index (χ1) is 40.7. The molecule has 0 radical (unpaired) electrons. The zero-order valence-electron chi connectivity index (χ0n) is 44.9. The molecule has 2 heteroatoms. The average molecular weight is 1040 g/mol. The Balaban J connectivity index is 0.862. The molecule has 14 aromatic rings. The molecule has 1 aromatic heterocycles. The molecule has 0 N–H and O–H groups in total. The van der Waals surface area contributed by atoms with Crippen LogP contribution in [0, 0.1) is 0 Å². The first-order valence-electron chi connectivity index (χ1n) is 28.6. The zero-order chi connectivity index (χ0) is 53.9. The molecular weight excluding hydrogens is 989 g/mol. The van der Waals surface area contributed by atoms with Gasteiger partial charge in [-0.2, -0.15) is 0 Å². The van der Waals surface area contributed by atoms with Crippen LogP contribution in [-0.2, 0) is 10.8 Å². The highest BCUT2D eigenvalue weighted by atomic mass is 15.1. The summed E-state index contributed by atoms with van der Waals surface area (Å²) < 4.78 is 2.52. The van der Waals surface area contributed by atoms with Crippen LogP contribution in [0.2, 0.25) is 0 Å². The Morgan fingerprint density at radius 3 is 1.48 bits per heavy atom. The van der Waals surface area contributed by atoms with E-state index < -0.39 is 10.8 Å². The van der Waals surface area contributed by atoms with Crippen molar-refractivity contribution in [3.63, 3.8) is 0 Å². The molecule has 2 aliphatic carbocycles. The normalized spacial score (nSPS) is 14.7. The summed E-state index contributed by atoms with van der Waals surface area (Å²) in [6, 6.07) is 118. The van der Waals surface area contributed by atoms with Gasteiger partial charge in [0, 0.05) is 27.7 Å². The average Bonchev–Trinajstić information content (AvgIpc) is 1.71. The Bertz CT molecular complexity index is 4820. The highest BCUT2D eigenvalue weighted by molar-refractivity contribution is 6.13. The summed E-state index contributed by atoms with van der Waals surface area (Å²) in [6.07, 6.45) is 0. The van der Waals surface area contributed by atoms with Crippen molar-refractivity contribution in [3.8, 4) is 61.3 Å². The van der Waals surface area contributed by atoms with Crippen molar-refractivity contribution < 1.29 is 0 Å². The first-order valence-corrected chi connectivity index (χ1v) is 28.6. The Labute approximate surface area is 477 Å². The van der Waals surface area contributed by atoms with E-state index in [1.54, 1.807) is 0 Å². The van der Waals surface area contributed by atoms with Gasteiger partial charge in [0.25, 0.3) is 0 Å². The lowest BCUT2D eigenvalue weighted by Crippen LogP contribution is -2.33. The van der Waals surface area contributed by atoms with Crippen LogP contribution in [0.3, 0.4) is 0 Å². The highest BCUT2D eigenvalue weighted by Crippen LogP contribution is 2.62. The second-order valence-electron chi connectivity index (χ2n) is 22.2. The number of aromatic nitrogens is 1. The number of para-hydroxylation sites is 4. The predicted molar refractivity (Wildman–Crippen MR) is 340 cm³/mol. The molecule has 382 valence electrons. The molecule has 0 fully saturated rings. The highest BCUT2D eigenvalue weighted by Gasteiger charge is 2.51. The van der Waals surface area contributed by atoms with Crippen molar-refractivity contribution in [1.29, 1.82) is 0 Å².